The Labute approximate surface area is 184 Å². The molecule has 1 aliphatic heterocycles. The molecule has 0 N–H and O–H groups in total. The van der Waals surface area contributed by atoms with E-state index in [4.69, 9.17) is 4.74 Å². The lowest BCUT2D eigenvalue weighted by molar-refractivity contribution is -0.387. The van der Waals surface area contributed by atoms with Crippen molar-refractivity contribution in [1.29, 1.82) is 0 Å². The molecule has 0 unspecified atom stereocenters. The quantitative estimate of drug-likeness (QED) is 0.387. The SMILES string of the molecule is COc1ccccc1Sc1ccc(C=CC(=O)N2CCN(C(C)=O)CC2)cc1[N+](=O)[O-]. The van der Waals surface area contributed by atoms with Crippen LogP contribution in [0, 0.1) is 10.1 Å². The van der Waals surface area contributed by atoms with E-state index in [0.29, 0.717) is 42.4 Å². The summed E-state index contributed by atoms with van der Waals surface area (Å²) in [6.07, 6.45) is 2.99. The zero-order valence-electron chi connectivity index (χ0n) is 17.3. The van der Waals surface area contributed by atoms with Crippen molar-refractivity contribution < 1.29 is 19.2 Å². The maximum atomic E-state index is 12.4. The molecule has 2 amide bonds. The molecule has 9 heteroatoms. The molecule has 0 atom stereocenters. The maximum absolute atomic E-state index is 12.4. The third kappa shape index (κ3) is 5.64. The Morgan fingerprint density at radius 2 is 1.74 bits per heavy atom. The van der Waals surface area contributed by atoms with E-state index < -0.39 is 4.92 Å². The minimum atomic E-state index is -0.433. The monoisotopic (exact) mass is 441 g/mol. The molecule has 0 radical (unpaired) electrons. The van der Waals surface area contributed by atoms with Gasteiger partial charge in [-0.05, 0) is 29.8 Å². The van der Waals surface area contributed by atoms with Crippen LogP contribution in [0.15, 0.2) is 58.3 Å². The first kappa shape index (κ1) is 22.4. The molecule has 0 spiro atoms. The minimum absolute atomic E-state index is 0.000956. The predicted octanol–water partition coefficient (Wildman–Crippen LogP) is 3.46. The molecule has 0 aliphatic carbocycles. The highest BCUT2D eigenvalue weighted by atomic mass is 32.2. The van der Waals surface area contributed by atoms with Crippen LogP contribution < -0.4 is 4.74 Å². The first-order valence-electron chi connectivity index (χ1n) is 9.71. The fraction of sp³-hybridized carbons (Fsp3) is 0.273. The van der Waals surface area contributed by atoms with Gasteiger partial charge in [0.15, 0.2) is 0 Å². The highest BCUT2D eigenvalue weighted by Gasteiger charge is 2.21. The highest BCUT2D eigenvalue weighted by Crippen LogP contribution is 2.39. The second-order valence-corrected chi connectivity index (χ2v) is 7.99. The average Bonchev–Trinajstić information content (AvgIpc) is 2.78. The van der Waals surface area contributed by atoms with Gasteiger partial charge in [0.1, 0.15) is 5.75 Å². The number of benzene rings is 2. The van der Waals surface area contributed by atoms with E-state index in [1.807, 2.05) is 18.2 Å². The number of piperazine rings is 1. The number of amides is 2. The number of nitro benzene ring substituents is 1. The molecule has 1 aliphatic rings. The Morgan fingerprint density at radius 1 is 1.06 bits per heavy atom. The third-order valence-corrected chi connectivity index (χ3v) is 6.05. The average molecular weight is 442 g/mol. The van der Waals surface area contributed by atoms with Crippen molar-refractivity contribution in [2.24, 2.45) is 0 Å². The molecule has 0 bridgehead atoms. The lowest BCUT2D eigenvalue weighted by atomic mass is 10.2. The fourth-order valence-electron chi connectivity index (χ4n) is 3.20. The summed E-state index contributed by atoms with van der Waals surface area (Å²) in [5, 5.41) is 11.6. The fourth-order valence-corrected chi connectivity index (χ4v) is 4.21. The summed E-state index contributed by atoms with van der Waals surface area (Å²) >= 11 is 1.25. The van der Waals surface area contributed by atoms with Crippen LogP contribution in [0.4, 0.5) is 5.69 Å². The molecule has 1 saturated heterocycles. The van der Waals surface area contributed by atoms with Crippen LogP contribution in [-0.4, -0.2) is 59.8 Å². The van der Waals surface area contributed by atoms with Crippen LogP contribution in [0.5, 0.6) is 5.75 Å². The van der Waals surface area contributed by atoms with Crippen LogP contribution >= 0.6 is 11.8 Å². The van der Waals surface area contributed by atoms with Crippen LogP contribution in [0.1, 0.15) is 12.5 Å². The Bertz CT molecular complexity index is 1020. The summed E-state index contributed by atoms with van der Waals surface area (Å²) in [6, 6.07) is 12.2. The van der Waals surface area contributed by atoms with Crippen LogP contribution in [0.2, 0.25) is 0 Å². The van der Waals surface area contributed by atoms with Gasteiger partial charge in [0.05, 0.1) is 21.8 Å². The number of hydrogen-bond acceptors (Lipinski definition) is 6. The number of para-hydroxylation sites is 1. The topological polar surface area (TPSA) is 93.0 Å². The van der Waals surface area contributed by atoms with Crippen LogP contribution in [-0.2, 0) is 9.59 Å². The molecule has 3 rings (SSSR count). The van der Waals surface area contributed by atoms with E-state index in [1.165, 1.54) is 30.8 Å². The van der Waals surface area contributed by atoms with E-state index in [2.05, 4.69) is 0 Å². The summed E-state index contributed by atoms with van der Waals surface area (Å²) in [4.78, 5) is 39.6. The first-order valence-corrected chi connectivity index (χ1v) is 10.5. The highest BCUT2D eigenvalue weighted by molar-refractivity contribution is 7.99. The number of nitro groups is 1. The van der Waals surface area contributed by atoms with Crippen molar-refractivity contribution in [3.8, 4) is 5.75 Å². The summed E-state index contributed by atoms with van der Waals surface area (Å²) in [7, 11) is 1.55. The van der Waals surface area contributed by atoms with Gasteiger partial charge in [-0.1, -0.05) is 30.0 Å². The zero-order chi connectivity index (χ0) is 22.4. The van der Waals surface area contributed by atoms with E-state index in [-0.39, 0.29) is 17.5 Å². The summed E-state index contributed by atoms with van der Waals surface area (Å²) in [5.41, 5.74) is 0.521. The van der Waals surface area contributed by atoms with Gasteiger partial charge in [-0.15, -0.1) is 0 Å². The van der Waals surface area contributed by atoms with Gasteiger partial charge in [0, 0.05) is 45.2 Å². The van der Waals surface area contributed by atoms with Crippen LogP contribution in [0.3, 0.4) is 0 Å². The Hall–Kier alpha value is -3.33. The van der Waals surface area contributed by atoms with Crippen molar-refractivity contribution in [2.75, 3.05) is 33.3 Å². The molecule has 0 saturated carbocycles. The summed E-state index contributed by atoms with van der Waals surface area (Å²) in [6.45, 7) is 3.47. The zero-order valence-corrected chi connectivity index (χ0v) is 18.1. The number of hydrogen-bond donors (Lipinski definition) is 0. The second-order valence-electron chi connectivity index (χ2n) is 6.90. The summed E-state index contributed by atoms with van der Waals surface area (Å²) in [5.74, 6) is 0.459. The van der Waals surface area contributed by atoms with Gasteiger partial charge >= 0.3 is 0 Å². The number of methoxy groups -OCH3 is 1. The third-order valence-electron chi connectivity index (χ3n) is 4.92. The second kappa shape index (κ2) is 10.1. The Kier molecular flexibility index (Phi) is 7.30. The van der Waals surface area contributed by atoms with Crippen molar-refractivity contribution in [1.82, 2.24) is 9.80 Å². The van der Waals surface area contributed by atoms with Gasteiger partial charge in [0.25, 0.3) is 5.69 Å². The molecule has 1 heterocycles. The van der Waals surface area contributed by atoms with E-state index >= 15 is 0 Å². The standard InChI is InChI=1S/C22H23N3O5S/c1-16(26)23-11-13-24(14-12-23)22(27)10-8-17-7-9-20(18(15-17)25(28)29)31-21-6-4-3-5-19(21)30-2/h3-10,15H,11-14H2,1-2H3. The number of nitrogens with zero attached hydrogens (tertiary/aromatic N) is 3. The van der Waals surface area contributed by atoms with Gasteiger partial charge in [-0.3, -0.25) is 19.7 Å². The Balaban J connectivity index is 1.73. The predicted molar refractivity (Wildman–Crippen MR) is 118 cm³/mol. The molecule has 8 nitrogen and oxygen atoms in total. The van der Waals surface area contributed by atoms with Crippen molar-refractivity contribution in [3.63, 3.8) is 0 Å². The van der Waals surface area contributed by atoms with Gasteiger partial charge in [0.2, 0.25) is 11.8 Å². The lowest BCUT2D eigenvalue weighted by Gasteiger charge is -2.33. The lowest BCUT2D eigenvalue weighted by Crippen LogP contribution is -2.49. The first-order chi connectivity index (χ1) is 14.9. The molecule has 2 aromatic carbocycles. The smallest absolute Gasteiger partial charge is 0.283 e. The molecular weight excluding hydrogens is 418 g/mol. The minimum Gasteiger partial charge on any atom is -0.496 e. The van der Waals surface area contributed by atoms with Crippen molar-refractivity contribution >= 4 is 35.3 Å². The molecule has 31 heavy (non-hydrogen) atoms. The van der Waals surface area contributed by atoms with Gasteiger partial charge in [-0.2, -0.15) is 0 Å². The normalized spacial score (nSPS) is 14.0. The summed E-state index contributed by atoms with van der Waals surface area (Å²) < 4.78 is 5.32. The number of rotatable bonds is 6. The molecule has 1 fully saturated rings. The molecule has 0 aromatic heterocycles. The van der Waals surface area contributed by atoms with Crippen molar-refractivity contribution in [2.45, 2.75) is 16.7 Å². The van der Waals surface area contributed by atoms with E-state index in [9.17, 15) is 19.7 Å². The van der Waals surface area contributed by atoms with Crippen molar-refractivity contribution in [3.05, 3.63) is 64.2 Å². The maximum Gasteiger partial charge on any atom is 0.283 e. The Morgan fingerprint density at radius 3 is 2.39 bits per heavy atom. The van der Waals surface area contributed by atoms with E-state index in [0.717, 1.165) is 4.90 Å². The molecule has 162 valence electrons. The van der Waals surface area contributed by atoms with E-state index in [1.54, 1.807) is 41.2 Å². The largest absolute Gasteiger partial charge is 0.496 e. The van der Waals surface area contributed by atoms with Gasteiger partial charge < -0.3 is 14.5 Å². The number of carbonyl (C=O) groups is 2. The molecular formula is C22H23N3O5S. The number of ether oxygens (including phenoxy) is 1. The number of carbonyl (C=O) groups excluding carboxylic acids is 2. The van der Waals surface area contributed by atoms with Gasteiger partial charge in [-0.25, -0.2) is 0 Å². The van der Waals surface area contributed by atoms with Crippen LogP contribution in [0.25, 0.3) is 6.08 Å². The molecule has 2 aromatic rings.